The summed E-state index contributed by atoms with van der Waals surface area (Å²) in [6.07, 6.45) is 5.63. The van der Waals surface area contributed by atoms with E-state index < -0.39 is 5.82 Å². The molecule has 0 unspecified atom stereocenters. The van der Waals surface area contributed by atoms with Crippen molar-refractivity contribution in [2.75, 3.05) is 18.4 Å². The fraction of sp³-hybridized carbons (Fsp3) is 0.261. The van der Waals surface area contributed by atoms with Crippen LogP contribution >= 0.6 is 11.6 Å². The summed E-state index contributed by atoms with van der Waals surface area (Å²) < 4.78 is 20.6. The predicted octanol–water partition coefficient (Wildman–Crippen LogP) is 5.46. The average Bonchev–Trinajstić information content (AvgIpc) is 3.45. The van der Waals surface area contributed by atoms with Gasteiger partial charge in [0.25, 0.3) is 0 Å². The van der Waals surface area contributed by atoms with Gasteiger partial charge in [-0.25, -0.2) is 19.3 Å². The second-order valence-electron chi connectivity index (χ2n) is 7.81. The lowest BCUT2D eigenvalue weighted by molar-refractivity contribution is 0.223. The molecular weight excluding hydrogens is 431 g/mol. The normalized spacial score (nSPS) is 16.9. The molecule has 32 heavy (non-hydrogen) atoms. The highest BCUT2D eigenvalue weighted by Gasteiger charge is 2.18. The number of anilines is 1. The summed E-state index contributed by atoms with van der Waals surface area (Å²) in [4.78, 5) is 15.9. The molecule has 0 saturated carbocycles. The van der Waals surface area contributed by atoms with E-state index >= 15 is 0 Å². The van der Waals surface area contributed by atoms with E-state index in [1.807, 2.05) is 31.2 Å². The third kappa shape index (κ3) is 4.24. The molecule has 1 fully saturated rings. The van der Waals surface area contributed by atoms with Crippen LogP contribution in [0.1, 0.15) is 29.2 Å². The number of halogens is 2. The first-order chi connectivity index (χ1) is 15.6. The lowest BCUT2D eigenvalue weighted by atomic mass is 10.1. The van der Waals surface area contributed by atoms with E-state index in [2.05, 4.69) is 30.6 Å². The van der Waals surface area contributed by atoms with Crippen molar-refractivity contribution >= 4 is 28.5 Å². The molecule has 5 rings (SSSR count). The van der Waals surface area contributed by atoms with E-state index in [9.17, 15) is 4.39 Å². The van der Waals surface area contributed by atoms with E-state index in [0.717, 1.165) is 36.2 Å². The molecule has 0 spiro atoms. The molecule has 3 N–H and O–H groups in total. The maximum atomic E-state index is 14.6. The molecule has 170 valence electrons. The summed E-state index contributed by atoms with van der Waals surface area (Å²) >= 11 is 6.09. The van der Waals surface area contributed by atoms with Crippen LogP contribution in [0.5, 0.6) is 5.75 Å². The first-order valence-corrected chi connectivity index (χ1v) is 10.8. The highest BCUT2D eigenvalue weighted by atomic mass is 35.5. The number of benzene rings is 1. The summed E-state index contributed by atoms with van der Waals surface area (Å²) in [7, 11) is 0. The number of ether oxygens (including phenoxy) is 1. The average molecular weight is 459 g/mol. The van der Waals surface area contributed by atoms with Gasteiger partial charge >= 0.3 is 0 Å². The van der Waals surface area contributed by atoms with Gasteiger partial charge in [0, 0.05) is 34.2 Å². The Morgan fingerprint density at radius 3 is 3.03 bits per heavy atom. The predicted molar refractivity (Wildman–Crippen MR) is 129 cm³/mol. The minimum absolute atomic E-state index is 0. The van der Waals surface area contributed by atoms with Crippen LogP contribution in [0, 0.1) is 5.82 Å². The third-order valence-electron chi connectivity index (χ3n) is 5.51. The highest BCUT2D eigenvalue weighted by Crippen LogP contribution is 2.29. The fourth-order valence-electron chi connectivity index (χ4n) is 3.83. The monoisotopic (exact) mass is 458 g/mol. The van der Waals surface area contributed by atoms with Crippen molar-refractivity contribution in [1.82, 2.24) is 25.3 Å². The van der Waals surface area contributed by atoms with Crippen molar-refractivity contribution in [3.63, 3.8) is 0 Å². The van der Waals surface area contributed by atoms with Crippen molar-refractivity contribution in [3.8, 4) is 17.1 Å². The number of hydrogen-bond donors (Lipinski definition) is 3. The van der Waals surface area contributed by atoms with Gasteiger partial charge < -0.3 is 20.4 Å². The molecule has 0 aliphatic carbocycles. The lowest BCUT2D eigenvalue weighted by Crippen LogP contribution is -2.19. The van der Waals surface area contributed by atoms with Crippen LogP contribution in [0.3, 0.4) is 0 Å². The Bertz CT molecular complexity index is 1270. The highest BCUT2D eigenvalue weighted by molar-refractivity contribution is 6.31. The van der Waals surface area contributed by atoms with Crippen LogP contribution in [0.25, 0.3) is 22.4 Å². The summed E-state index contributed by atoms with van der Waals surface area (Å²) in [5.74, 6) is 0.776. The molecule has 1 aromatic carbocycles. The van der Waals surface area contributed by atoms with E-state index in [-0.39, 0.29) is 22.2 Å². The maximum Gasteiger partial charge on any atom is 0.183 e. The molecule has 4 aromatic rings. The molecule has 1 aliphatic rings. The van der Waals surface area contributed by atoms with Gasteiger partial charge in [-0.3, -0.25) is 0 Å². The minimum atomic E-state index is -0.527. The first kappa shape index (κ1) is 20.7. The van der Waals surface area contributed by atoms with Gasteiger partial charge in [0.1, 0.15) is 17.5 Å². The Morgan fingerprint density at radius 2 is 2.19 bits per heavy atom. The smallest absolute Gasteiger partial charge is 0.183 e. The number of nitrogens with zero attached hydrogens (tertiary/aromatic N) is 3. The molecule has 1 aliphatic heterocycles. The largest absolute Gasteiger partial charge is 0.489 e. The SMILES string of the molecule is C[C@H](Nc1nc(-c2c[nH]c3ncc(Cl)cc23)ncc1F)c1cccc(O[C@H]2CCNC2)c1.[HH].[HH].[HH]. The zero-order valence-electron chi connectivity index (χ0n) is 17.4. The van der Waals surface area contributed by atoms with Crippen LogP contribution < -0.4 is 15.4 Å². The standard InChI is InChI=1S/C23H22ClFN6O.3H2/c1-13(14-3-2-4-16(7-14)32-17-5-6-26-10-17)30-23-20(25)12-29-22(31-23)19-11-28-21-18(19)8-15(24)9-27-21;;;/h2-4,7-9,11-13,17,26H,5-6,10H2,1H3,(H,27,28)(H,29,30,31);3*1H/t13-,17-;;;/m0.../s1. The van der Waals surface area contributed by atoms with E-state index in [1.165, 1.54) is 6.20 Å². The van der Waals surface area contributed by atoms with Crippen LogP contribution in [-0.2, 0) is 0 Å². The summed E-state index contributed by atoms with van der Waals surface area (Å²) in [6, 6.07) is 9.41. The maximum absolute atomic E-state index is 14.6. The topological polar surface area (TPSA) is 87.8 Å². The molecule has 1 saturated heterocycles. The fourth-order valence-corrected chi connectivity index (χ4v) is 3.99. The first-order valence-electron chi connectivity index (χ1n) is 10.5. The van der Waals surface area contributed by atoms with Crippen molar-refractivity contribution < 1.29 is 13.4 Å². The minimum Gasteiger partial charge on any atom is -0.489 e. The van der Waals surface area contributed by atoms with Gasteiger partial charge in [0.05, 0.1) is 17.3 Å². The number of aromatic nitrogens is 4. The second kappa shape index (κ2) is 8.72. The van der Waals surface area contributed by atoms with Gasteiger partial charge in [-0.05, 0) is 43.7 Å². The molecule has 0 radical (unpaired) electrons. The zero-order chi connectivity index (χ0) is 22.1. The number of rotatable bonds is 6. The second-order valence-corrected chi connectivity index (χ2v) is 8.25. The molecule has 0 amide bonds. The molecule has 7 nitrogen and oxygen atoms in total. The number of H-pyrrole nitrogens is 1. The Balaban J connectivity index is 0.00000144. The lowest BCUT2D eigenvalue weighted by Gasteiger charge is -2.18. The number of hydrogen-bond acceptors (Lipinski definition) is 6. The van der Waals surface area contributed by atoms with Crippen LogP contribution in [0.2, 0.25) is 5.02 Å². The molecular formula is C23H28ClFN6O. The quantitative estimate of drug-likeness (QED) is 0.355. The van der Waals surface area contributed by atoms with Crippen molar-refractivity contribution in [2.45, 2.75) is 25.5 Å². The van der Waals surface area contributed by atoms with Gasteiger partial charge in [-0.1, -0.05) is 23.7 Å². The Kier molecular flexibility index (Phi) is 5.63. The Hall–Kier alpha value is -3.23. The van der Waals surface area contributed by atoms with E-state index in [0.29, 0.717) is 22.1 Å². The molecule has 9 heteroatoms. The Morgan fingerprint density at radius 1 is 1.28 bits per heavy atom. The van der Waals surface area contributed by atoms with Crippen molar-refractivity contribution in [3.05, 3.63) is 65.3 Å². The number of fused-ring (bicyclic) bond motifs is 1. The van der Waals surface area contributed by atoms with Crippen molar-refractivity contribution in [1.29, 1.82) is 0 Å². The molecule has 0 bridgehead atoms. The number of pyridine rings is 1. The van der Waals surface area contributed by atoms with Gasteiger partial charge in [-0.15, -0.1) is 0 Å². The van der Waals surface area contributed by atoms with E-state index in [1.54, 1.807) is 18.5 Å². The number of aromatic amines is 1. The van der Waals surface area contributed by atoms with Crippen LogP contribution in [0.15, 0.2) is 48.9 Å². The molecule has 4 heterocycles. The van der Waals surface area contributed by atoms with Crippen LogP contribution in [0.4, 0.5) is 10.2 Å². The Labute approximate surface area is 193 Å². The van der Waals surface area contributed by atoms with Crippen molar-refractivity contribution in [2.24, 2.45) is 0 Å². The molecule has 2 atom stereocenters. The number of nitrogens with one attached hydrogen (secondary N) is 3. The zero-order valence-corrected chi connectivity index (χ0v) is 18.2. The van der Waals surface area contributed by atoms with Gasteiger partial charge in [-0.2, -0.15) is 0 Å². The van der Waals surface area contributed by atoms with Crippen LogP contribution in [-0.4, -0.2) is 39.1 Å². The summed E-state index contributed by atoms with van der Waals surface area (Å²) in [5.41, 5.74) is 2.33. The third-order valence-corrected chi connectivity index (χ3v) is 5.72. The molecule has 3 aromatic heterocycles. The van der Waals surface area contributed by atoms with E-state index in [4.69, 9.17) is 16.3 Å². The summed E-state index contributed by atoms with van der Waals surface area (Å²) in [6.45, 7) is 3.77. The van der Waals surface area contributed by atoms with Gasteiger partial charge in [0.15, 0.2) is 17.5 Å². The summed E-state index contributed by atoms with van der Waals surface area (Å²) in [5, 5.41) is 7.73. The van der Waals surface area contributed by atoms with Gasteiger partial charge in [0.2, 0.25) is 0 Å².